The third-order valence-corrected chi connectivity index (χ3v) is 1.22. The van der Waals surface area contributed by atoms with Gasteiger partial charge < -0.3 is 14.6 Å². The molecule has 0 spiro atoms. The molecule has 0 aliphatic carbocycles. The Bertz CT molecular complexity index is 48.5. The number of rotatable bonds is 4. The second kappa shape index (κ2) is 5.24. The Kier molecular flexibility index (Phi) is 5.30. The minimum atomic E-state index is -1.16. The summed E-state index contributed by atoms with van der Waals surface area (Å²) in [5, 5.41) is 16.6. The molecule has 0 aliphatic rings. The van der Waals surface area contributed by atoms with Crippen LogP contribution in [0.5, 0.6) is 0 Å². The molecule has 0 amide bonds. The van der Waals surface area contributed by atoms with E-state index in [1.54, 1.807) is 0 Å². The second-order valence-electron chi connectivity index (χ2n) is 1.62. The monoisotopic (exact) mass is 136 g/mol. The summed E-state index contributed by atoms with van der Waals surface area (Å²) in [6.45, 7) is 0.657. The Morgan fingerprint density at radius 2 is 2.12 bits per heavy atom. The molecule has 0 radical (unpaired) electrons. The Morgan fingerprint density at radius 3 is 2.50 bits per heavy atom. The molecule has 0 rings (SSSR count). The lowest BCUT2D eigenvalue weighted by Gasteiger charge is -2.00. The maximum Gasteiger partial charge on any atom is 0.151 e. The average Bonchev–Trinajstić information content (AvgIpc) is 1.66. The van der Waals surface area contributed by atoms with Crippen LogP contribution < -0.4 is 0 Å². The van der Waals surface area contributed by atoms with Gasteiger partial charge in [0.2, 0.25) is 0 Å². The van der Waals surface area contributed by atoms with Gasteiger partial charge in [-0.1, -0.05) is 0 Å². The van der Waals surface area contributed by atoms with Crippen LogP contribution >= 0.6 is 0 Å². The molecule has 3 nitrogen and oxygen atoms in total. The van der Waals surface area contributed by atoms with Crippen molar-refractivity contribution in [2.24, 2.45) is 0 Å². The summed E-state index contributed by atoms with van der Waals surface area (Å²) in [6.07, 6.45) is -0.00420. The number of hydrogen-bond donors (Lipinski definition) is 2. The van der Waals surface area contributed by atoms with Crippen molar-refractivity contribution in [1.29, 1.82) is 0 Å². The topological polar surface area (TPSA) is 49.7 Å². The van der Waals surface area contributed by atoms with Crippen molar-refractivity contribution in [3.05, 3.63) is 0 Å². The molecule has 0 aromatic rings. The number of hydrogen-bond acceptors (Lipinski definition) is 3. The Morgan fingerprint density at radius 1 is 1.50 bits per heavy atom. The molecular weight excluding hydrogens is 124 g/mol. The van der Waals surface area contributed by atoms with Gasteiger partial charge in [-0.3, -0.25) is 0 Å². The van der Waals surface area contributed by atoms with Crippen LogP contribution in [-0.2, 0) is 4.43 Å². The van der Waals surface area contributed by atoms with E-state index in [0.717, 1.165) is 16.9 Å². The van der Waals surface area contributed by atoms with Crippen LogP contribution in [-0.4, -0.2) is 33.6 Å². The van der Waals surface area contributed by atoms with E-state index in [1.807, 2.05) is 0 Å². The molecule has 0 saturated heterocycles. The normalized spacial score (nSPS) is 10.9. The van der Waals surface area contributed by atoms with E-state index in [0.29, 0.717) is 13.0 Å². The molecule has 0 atom stereocenters. The predicted molar refractivity (Wildman–Crippen MR) is 33.4 cm³/mol. The maximum absolute atomic E-state index is 8.29. The van der Waals surface area contributed by atoms with E-state index in [1.165, 1.54) is 0 Å². The van der Waals surface area contributed by atoms with Crippen molar-refractivity contribution in [2.75, 3.05) is 6.61 Å². The van der Waals surface area contributed by atoms with E-state index in [9.17, 15) is 0 Å². The standard InChI is InChI=1S/C4H12O3Si/c5-4(6)2-1-3-7-8/h4-6H,1-3H2,8H3. The van der Waals surface area contributed by atoms with Crippen LogP contribution in [0.25, 0.3) is 0 Å². The quantitative estimate of drug-likeness (QED) is 0.277. The van der Waals surface area contributed by atoms with Crippen LogP contribution in [0.1, 0.15) is 12.8 Å². The Labute approximate surface area is 51.8 Å². The average molecular weight is 136 g/mol. The van der Waals surface area contributed by atoms with E-state index in [2.05, 4.69) is 0 Å². The summed E-state index contributed by atoms with van der Waals surface area (Å²) in [5.41, 5.74) is 0. The zero-order valence-corrected chi connectivity index (χ0v) is 7.00. The van der Waals surface area contributed by atoms with Gasteiger partial charge in [-0.2, -0.15) is 0 Å². The van der Waals surface area contributed by atoms with Gasteiger partial charge in [0.05, 0.1) is 0 Å². The third kappa shape index (κ3) is 6.10. The molecule has 50 valence electrons. The molecule has 0 heterocycles. The van der Waals surface area contributed by atoms with E-state index >= 15 is 0 Å². The highest BCUT2D eigenvalue weighted by Crippen LogP contribution is 1.91. The molecule has 0 saturated carbocycles. The molecule has 2 N–H and O–H groups in total. The molecule has 8 heavy (non-hydrogen) atoms. The largest absolute Gasteiger partial charge is 0.428 e. The Hall–Kier alpha value is 0.0969. The molecule has 0 aliphatic heterocycles. The third-order valence-electron chi connectivity index (χ3n) is 0.811. The van der Waals surface area contributed by atoms with E-state index in [4.69, 9.17) is 14.6 Å². The fourth-order valence-electron chi connectivity index (χ4n) is 0.410. The molecular formula is C4H12O3Si. The maximum atomic E-state index is 8.29. The van der Waals surface area contributed by atoms with Crippen LogP contribution in [0.4, 0.5) is 0 Å². The smallest absolute Gasteiger partial charge is 0.151 e. The van der Waals surface area contributed by atoms with Gasteiger partial charge in [-0.05, 0) is 6.42 Å². The molecule has 0 unspecified atom stereocenters. The summed E-state index contributed by atoms with van der Waals surface area (Å²) in [7, 11) is 0.736. The fraction of sp³-hybridized carbons (Fsp3) is 1.00. The van der Waals surface area contributed by atoms with Crippen molar-refractivity contribution < 1.29 is 14.6 Å². The summed E-state index contributed by atoms with van der Waals surface area (Å²) < 4.78 is 4.81. The zero-order chi connectivity index (χ0) is 6.41. The van der Waals surface area contributed by atoms with Crippen molar-refractivity contribution >= 4 is 10.5 Å². The first-order valence-electron chi connectivity index (χ1n) is 2.62. The molecule has 0 aromatic carbocycles. The number of aliphatic hydroxyl groups is 2. The summed E-state index contributed by atoms with van der Waals surface area (Å²) >= 11 is 0. The van der Waals surface area contributed by atoms with Crippen LogP contribution in [0.3, 0.4) is 0 Å². The first-order valence-corrected chi connectivity index (χ1v) is 3.44. The van der Waals surface area contributed by atoms with Crippen LogP contribution in [0, 0.1) is 0 Å². The minimum absolute atomic E-state index is 0.419. The van der Waals surface area contributed by atoms with Crippen molar-refractivity contribution in [2.45, 2.75) is 19.1 Å². The summed E-state index contributed by atoms with van der Waals surface area (Å²) in [5.74, 6) is 0. The number of aliphatic hydroxyl groups excluding tert-OH is 1. The van der Waals surface area contributed by atoms with Gasteiger partial charge in [0.1, 0.15) is 10.5 Å². The molecule has 0 fully saturated rings. The highest BCUT2D eigenvalue weighted by Gasteiger charge is 1.93. The van der Waals surface area contributed by atoms with E-state index < -0.39 is 6.29 Å². The first kappa shape index (κ1) is 8.10. The Balaban J connectivity index is 2.72. The lowest BCUT2D eigenvalue weighted by Crippen LogP contribution is -2.05. The second-order valence-corrected chi connectivity index (χ2v) is 2.19. The van der Waals surface area contributed by atoms with Gasteiger partial charge >= 0.3 is 0 Å². The van der Waals surface area contributed by atoms with Gasteiger partial charge in [0.25, 0.3) is 0 Å². The van der Waals surface area contributed by atoms with E-state index in [-0.39, 0.29) is 0 Å². The van der Waals surface area contributed by atoms with Gasteiger partial charge in [-0.25, -0.2) is 0 Å². The fourth-order valence-corrected chi connectivity index (χ4v) is 0.699. The molecule has 0 bridgehead atoms. The molecule has 0 aromatic heterocycles. The van der Waals surface area contributed by atoms with Gasteiger partial charge in [-0.15, -0.1) is 0 Å². The summed E-state index contributed by atoms with van der Waals surface area (Å²) in [4.78, 5) is 0. The van der Waals surface area contributed by atoms with Gasteiger partial charge in [0, 0.05) is 13.0 Å². The predicted octanol–water partition coefficient (Wildman–Crippen LogP) is -1.63. The highest BCUT2D eigenvalue weighted by molar-refractivity contribution is 5.97. The zero-order valence-electron chi connectivity index (χ0n) is 5.00. The first-order chi connectivity index (χ1) is 3.77. The van der Waals surface area contributed by atoms with Crippen molar-refractivity contribution in [3.8, 4) is 0 Å². The van der Waals surface area contributed by atoms with Crippen molar-refractivity contribution in [1.82, 2.24) is 0 Å². The minimum Gasteiger partial charge on any atom is -0.428 e. The van der Waals surface area contributed by atoms with Crippen LogP contribution in [0.2, 0.25) is 0 Å². The SMILES string of the molecule is OC(O)CCCO[SiH3]. The lowest BCUT2D eigenvalue weighted by atomic mass is 10.3. The lowest BCUT2D eigenvalue weighted by molar-refractivity contribution is -0.0478. The molecule has 4 heteroatoms. The van der Waals surface area contributed by atoms with Crippen molar-refractivity contribution in [3.63, 3.8) is 0 Å². The van der Waals surface area contributed by atoms with Crippen LogP contribution in [0.15, 0.2) is 0 Å². The summed E-state index contributed by atoms with van der Waals surface area (Å²) in [6, 6.07) is 0. The highest BCUT2D eigenvalue weighted by atomic mass is 28.2. The van der Waals surface area contributed by atoms with Gasteiger partial charge in [0.15, 0.2) is 6.29 Å².